The average Bonchev–Trinajstić information content (AvgIpc) is 2.49. The molecule has 1 aromatic heterocycles. The standard InChI is InChI=1S/C18H22N2/c1-14-7-8-17(13-20-14)18(19)11-9-16(10-12-18)15-5-3-2-4-6-15/h2-8,13,16H,9-12,19H2,1H3. The van der Waals surface area contributed by atoms with Crippen LogP contribution in [0.25, 0.3) is 0 Å². The van der Waals surface area contributed by atoms with Gasteiger partial charge in [0.2, 0.25) is 0 Å². The minimum atomic E-state index is -0.189. The van der Waals surface area contributed by atoms with E-state index in [2.05, 4.69) is 47.4 Å². The summed E-state index contributed by atoms with van der Waals surface area (Å²) in [6, 6.07) is 15.0. The number of pyridine rings is 1. The van der Waals surface area contributed by atoms with Crippen LogP contribution in [0.1, 0.15) is 48.4 Å². The summed E-state index contributed by atoms with van der Waals surface area (Å²) in [6.45, 7) is 2.01. The van der Waals surface area contributed by atoms with Crippen LogP contribution in [-0.4, -0.2) is 4.98 Å². The van der Waals surface area contributed by atoms with Gasteiger partial charge in [0.05, 0.1) is 0 Å². The van der Waals surface area contributed by atoms with Crippen molar-refractivity contribution in [3.8, 4) is 0 Å². The van der Waals surface area contributed by atoms with Crippen molar-refractivity contribution in [3.63, 3.8) is 0 Å². The Labute approximate surface area is 121 Å². The van der Waals surface area contributed by atoms with E-state index in [4.69, 9.17) is 5.73 Å². The van der Waals surface area contributed by atoms with E-state index in [9.17, 15) is 0 Å². The summed E-state index contributed by atoms with van der Waals surface area (Å²) < 4.78 is 0. The molecule has 1 heterocycles. The van der Waals surface area contributed by atoms with Crippen molar-refractivity contribution < 1.29 is 0 Å². The predicted octanol–water partition coefficient (Wildman–Crippen LogP) is 3.90. The van der Waals surface area contributed by atoms with Gasteiger partial charge in [-0.05, 0) is 55.7 Å². The van der Waals surface area contributed by atoms with Gasteiger partial charge in [0, 0.05) is 17.4 Å². The largest absolute Gasteiger partial charge is 0.321 e. The van der Waals surface area contributed by atoms with Crippen molar-refractivity contribution in [2.24, 2.45) is 5.73 Å². The van der Waals surface area contributed by atoms with Crippen LogP contribution in [0.2, 0.25) is 0 Å². The maximum atomic E-state index is 6.63. The summed E-state index contributed by atoms with van der Waals surface area (Å²) in [5.41, 5.74) is 10.1. The van der Waals surface area contributed by atoms with Gasteiger partial charge < -0.3 is 5.73 Å². The lowest BCUT2D eigenvalue weighted by Gasteiger charge is -2.37. The van der Waals surface area contributed by atoms with E-state index in [-0.39, 0.29) is 5.54 Å². The van der Waals surface area contributed by atoms with Gasteiger partial charge >= 0.3 is 0 Å². The van der Waals surface area contributed by atoms with Gasteiger partial charge in [0.1, 0.15) is 0 Å². The first-order valence-electron chi connectivity index (χ1n) is 7.44. The first-order valence-corrected chi connectivity index (χ1v) is 7.44. The monoisotopic (exact) mass is 266 g/mol. The SMILES string of the molecule is Cc1ccc(C2(N)CCC(c3ccccc3)CC2)cn1. The topological polar surface area (TPSA) is 38.9 Å². The van der Waals surface area contributed by atoms with Gasteiger partial charge in [0.25, 0.3) is 0 Å². The Kier molecular flexibility index (Phi) is 3.58. The molecular weight excluding hydrogens is 244 g/mol. The molecule has 1 fully saturated rings. The first kappa shape index (κ1) is 13.3. The molecular formula is C18H22N2. The molecule has 0 bridgehead atoms. The molecule has 0 unspecified atom stereocenters. The second kappa shape index (κ2) is 5.37. The van der Waals surface area contributed by atoms with Crippen molar-refractivity contribution in [1.29, 1.82) is 0 Å². The zero-order valence-corrected chi connectivity index (χ0v) is 12.0. The molecule has 2 nitrogen and oxygen atoms in total. The fraction of sp³-hybridized carbons (Fsp3) is 0.389. The molecule has 0 radical (unpaired) electrons. The highest BCUT2D eigenvalue weighted by Crippen LogP contribution is 2.41. The number of nitrogens with two attached hydrogens (primary N) is 1. The Morgan fingerprint density at radius 1 is 1.05 bits per heavy atom. The van der Waals surface area contributed by atoms with Gasteiger partial charge in [-0.1, -0.05) is 36.4 Å². The third-order valence-electron chi connectivity index (χ3n) is 4.64. The Morgan fingerprint density at radius 3 is 2.35 bits per heavy atom. The van der Waals surface area contributed by atoms with Crippen LogP contribution >= 0.6 is 0 Å². The summed E-state index contributed by atoms with van der Waals surface area (Å²) in [5.74, 6) is 0.659. The smallest absolute Gasteiger partial charge is 0.0425 e. The first-order chi connectivity index (χ1) is 9.67. The second-order valence-electron chi connectivity index (χ2n) is 6.03. The molecule has 2 aromatic rings. The van der Waals surface area contributed by atoms with Crippen molar-refractivity contribution in [2.75, 3.05) is 0 Å². The Morgan fingerprint density at radius 2 is 1.75 bits per heavy atom. The zero-order valence-electron chi connectivity index (χ0n) is 12.0. The normalized spacial score (nSPS) is 26.4. The molecule has 1 aliphatic rings. The molecule has 20 heavy (non-hydrogen) atoms. The fourth-order valence-electron chi connectivity index (χ4n) is 3.24. The number of aromatic nitrogens is 1. The lowest BCUT2D eigenvalue weighted by atomic mass is 9.72. The third kappa shape index (κ3) is 2.61. The van der Waals surface area contributed by atoms with Crippen LogP contribution in [0.15, 0.2) is 48.7 Å². The molecule has 0 saturated heterocycles. The maximum Gasteiger partial charge on any atom is 0.0425 e. The molecule has 1 aliphatic carbocycles. The minimum Gasteiger partial charge on any atom is -0.321 e. The van der Waals surface area contributed by atoms with Gasteiger partial charge in [-0.25, -0.2) is 0 Å². The molecule has 1 aromatic carbocycles. The molecule has 2 N–H and O–H groups in total. The highest BCUT2D eigenvalue weighted by Gasteiger charge is 2.33. The molecule has 1 saturated carbocycles. The molecule has 0 aliphatic heterocycles. The van der Waals surface area contributed by atoms with E-state index in [0.29, 0.717) is 5.92 Å². The van der Waals surface area contributed by atoms with Crippen molar-refractivity contribution in [2.45, 2.75) is 44.1 Å². The van der Waals surface area contributed by atoms with E-state index in [1.807, 2.05) is 13.1 Å². The molecule has 2 heteroatoms. The molecule has 3 rings (SSSR count). The molecule has 0 atom stereocenters. The summed E-state index contributed by atoms with van der Waals surface area (Å²) >= 11 is 0. The quantitative estimate of drug-likeness (QED) is 0.895. The lowest BCUT2D eigenvalue weighted by molar-refractivity contribution is 0.276. The lowest BCUT2D eigenvalue weighted by Crippen LogP contribution is -2.40. The third-order valence-corrected chi connectivity index (χ3v) is 4.64. The van der Waals surface area contributed by atoms with E-state index >= 15 is 0 Å². The van der Waals surface area contributed by atoms with Crippen molar-refractivity contribution >= 4 is 0 Å². The van der Waals surface area contributed by atoms with Gasteiger partial charge in [-0.15, -0.1) is 0 Å². The van der Waals surface area contributed by atoms with Crippen LogP contribution in [-0.2, 0) is 5.54 Å². The van der Waals surface area contributed by atoms with Gasteiger partial charge in [0.15, 0.2) is 0 Å². The Hall–Kier alpha value is -1.67. The van der Waals surface area contributed by atoms with E-state index in [0.717, 1.165) is 31.4 Å². The van der Waals surface area contributed by atoms with Crippen molar-refractivity contribution in [3.05, 3.63) is 65.5 Å². The second-order valence-corrected chi connectivity index (χ2v) is 6.03. The number of rotatable bonds is 2. The fourth-order valence-corrected chi connectivity index (χ4v) is 3.24. The minimum absolute atomic E-state index is 0.189. The summed E-state index contributed by atoms with van der Waals surface area (Å²) in [7, 11) is 0. The number of hydrogen-bond acceptors (Lipinski definition) is 2. The van der Waals surface area contributed by atoms with Crippen LogP contribution in [0.4, 0.5) is 0 Å². The number of hydrogen-bond donors (Lipinski definition) is 1. The van der Waals surface area contributed by atoms with E-state index < -0.39 is 0 Å². The van der Waals surface area contributed by atoms with Crippen LogP contribution in [0.3, 0.4) is 0 Å². The Bertz CT molecular complexity index is 552. The maximum absolute atomic E-state index is 6.63. The summed E-state index contributed by atoms with van der Waals surface area (Å²) in [4.78, 5) is 4.40. The van der Waals surface area contributed by atoms with E-state index in [1.54, 1.807) is 0 Å². The number of nitrogens with zero attached hydrogens (tertiary/aromatic N) is 1. The van der Waals surface area contributed by atoms with Crippen LogP contribution in [0, 0.1) is 6.92 Å². The predicted molar refractivity (Wildman–Crippen MR) is 82.5 cm³/mol. The molecule has 0 amide bonds. The van der Waals surface area contributed by atoms with Crippen molar-refractivity contribution in [1.82, 2.24) is 4.98 Å². The Balaban J connectivity index is 1.73. The molecule has 0 spiro atoms. The highest BCUT2D eigenvalue weighted by atomic mass is 14.8. The molecule has 104 valence electrons. The summed E-state index contributed by atoms with van der Waals surface area (Å²) in [5, 5.41) is 0. The van der Waals surface area contributed by atoms with Crippen LogP contribution < -0.4 is 5.73 Å². The summed E-state index contributed by atoms with van der Waals surface area (Å²) in [6.07, 6.45) is 6.36. The number of benzene rings is 1. The zero-order chi connectivity index (χ0) is 14.0. The van der Waals surface area contributed by atoms with Crippen LogP contribution in [0.5, 0.6) is 0 Å². The van der Waals surface area contributed by atoms with E-state index in [1.165, 1.54) is 11.1 Å². The average molecular weight is 266 g/mol. The number of aryl methyl sites for hydroxylation is 1. The van der Waals surface area contributed by atoms with Gasteiger partial charge in [-0.2, -0.15) is 0 Å². The van der Waals surface area contributed by atoms with Gasteiger partial charge in [-0.3, -0.25) is 4.98 Å². The highest BCUT2D eigenvalue weighted by molar-refractivity contribution is 5.26.